The monoisotopic (exact) mass is 275 g/mol. The smallest absolute Gasteiger partial charge is 0.0390 e. The highest BCUT2D eigenvalue weighted by atomic mass is 15.2. The molecule has 112 valence electrons. The number of aryl methyl sites for hydroxylation is 1. The zero-order valence-electron chi connectivity index (χ0n) is 13.1. The molecule has 0 atom stereocenters. The first kappa shape index (κ1) is 15.2. The first-order chi connectivity index (χ1) is 9.74. The highest BCUT2D eigenvalue weighted by Crippen LogP contribution is 2.27. The number of anilines is 2. The largest absolute Gasteiger partial charge is 0.371 e. The summed E-state index contributed by atoms with van der Waals surface area (Å²) in [5, 5.41) is 0. The van der Waals surface area contributed by atoms with Gasteiger partial charge >= 0.3 is 0 Å². The molecule has 0 bridgehead atoms. The lowest BCUT2D eigenvalue weighted by atomic mass is 10.1. The molecule has 0 aliphatic carbocycles. The van der Waals surface area contributed by atoms with Gasteiger partial charge in [-0.3, -0.25) is 0 Å². The van der Waals surface area contributed by atoms with Crippen LogP contribution >= 0.6 is 0 Å². The molecule has 0 spiro atoms. The second kappa shape index (κ2) is 7.53. The molecule has 1 heterocycles. The summed E-state index contributed by atoms with van der Waals surface area (Å²) in [5.41, 5.74) is 9.83. The van der Waals surface area contributed by atoms with Gasteiger partial charge in [0, 0.05) is 44.1 Å². The predicted molar refractivity (Wildman–Crippen MR) is 88.8 cm³/mol. The van der Waals surface area contributed by atoms with Crippen molar-refractivity contribution in [2.24, 2.45) is 5.73 Å². The van der Waals surface area contributed by atoms with Gasteiger partial charge in [-0.05, 0) is 56.4 Å². The fourth-order valence-electron chi connectivity index (χ4n) is 3.06. The van der Waals surface area contributed by atoms with Crippen molar-refractivity contribution in [2.75, 3.05) is 42.5 Å². The molecular weight excluding hydrogens is 246 g/mol. The Morgan fingerprint density at radius 3 is 2.50 bits per heavy atom. The van der Waals surface area contributed by atoms with Crippen molar-refractivity contribution in [2.45, 2.75) is 39.5 Å². The minimum absolute atomic E-state index is 0.715. The van der Waals surface area contributed by atoms with Crippen LogP contribution in [0.1, 0.15) is 38.2 Å². The quantitative estimate of drug-likeness (QED) is 0.865. The molecule has 1 aliphatic heterocycles. The zero-order valence-corrected chi connectivity index (χ0v) is 13.1. The van der Waals surface area contributed by atoms with E-state index in [1.165, 1.54) is 49.3 Å². The summed E-state index contributed by atoms with van der Waals surface area (Å²) in [6.07, 6.45) is 5.19. The number of rotatable bonds is 6. The number of nitrogens with two attached hydrogens (primary N) is 1. The molecule has 3 nitrogen and oxygen atoms in total. The standard InChI is InChI=1S/C17H29N3/c1-3-8-19(11-7-18)16-12-15(2)13-17(14-16)20-9-5-4-6-10-20/h12-14H,3-11,18H2,1-2H3. The maximum atomic E-state index is 5.76. The van der Waals surface area contributed by atoms with Gasteiger partial charge in [-0.2, -0.15) is 0 Å². The van der Waals surface area contributed by atoms with Gasteiger partial charge in [0.2, 0.25) is 0 Å². The lowest BCUT2D eigenvalue weighted by molar-refractivity contribution is 0.577. The van der Waals surface area contributed by atoms with Gasteiger partial charge < -0.3 is 15.5 Å². The Morgan fingerprint density at radius 1 is 1.10 bits per heavy atom. The normalized spacial score (nSPS) is 15.4. The average Bonchev–Trinajstić information content (AvgIpc) is 2.47. The van der Waals surface area contributed by atoms with Crippen LogP contribution < -0.4 is 15.5 Å². The maximum Gasteiger partial charge on any atom is 0.0390 e. The van der Waals surface area contributed by atoms with Crippen LogP contribution in [0.2, 0.25) is 0 Å². The summed E-state index contributed by atoms with van der Waals surface area (Å²) in [5.74, 6) is 0. The molecule has 20 heavy (non-hydrogen) atoms. The van der Waals surface area contributed by atoms with Crippen LogP contribution in [0, 0.1) is 6.92 Å². The SMILES string of the molecule is CCCN(CCN)c1cc(C)cc(N2CCCCC2)c1. The number of nitrogens with zero attached hydrogens (tertiary/aromatic N) is 2. The molecular formula is C17H29N3. The molecule has 3 heteroatoms. The van der Waals surface area contributed by atoms with Gasteiger partial charge in [0.05, 0.1) is 0 Å². The lowest BCUT2D eigenvalue weighted by Gasteiger charge is -2.31. The van der Waals surface area contributed by atoms with E-state index in [0.29, 0.717) is 6.54 Å². The van der Waals surface area contributed by atoms with Gasteiger partial charge in [0.15, 0.2) is 0 Å². The summed E-state index contributed by atoms with van der Waals surface area (Å²) in [6.45, 7) is 9.57. The van der Waals surface area contributed by atoms with E-state index in [0.717, 1.165) is 19.5 Å². The first-order valence-electron chi connectivity index (χ1n) is 8.06. The Morgan fingerprint density at radius 2 is 1.85 bits per heavy atom. The molecule has 0 saturated carbocycles. The maximum absolute atomic E-state index is 5.76. The second-order valence-electron chi connectivity index (χ2n) is 5.85. The number of hydrogen-bond acceptors (Lipinski definition) is 3. The predicted octanol–water partition coefficient (Wildman–Crippen LogP) is 3.16. The van der Waals surface area contributed by atoms with Gasteiger partial charge in [0.25, 0.3) is 0 Å². The highest BCUT2D eigenvalue weighted by molar-refractivity contribution is 5.61. The molecule has 1 aromatic carbocycles. The van der Waals surface area contributed by atoms with E-state index in [1.807, 2.05) is 0 Å². The Kier molecular flexibility index (Phi) is 5.72. The number of benzene rings is 1. The first-order valence-corrected chi connectivity index (χ1v) is 8.06. The van der Waals surface area contributed by atoms with E-state index in [4.69, 9.17) is 5.73 Å². The molecule has 0 radical (unpaired) electrons. The van der Waals surface area contributed by atoms with Crippen molar-refractivity contribution >= 4 is 11.4 Å². The third kappa shape index (κ3) is 3.89. The van der Waals surface area contributed by atoms with Crippen LogP contribution in [-0.4, -0.2) is 32.7 Å². The van der Waals surface area contributed by atoms with Crippen LogP contribution in [0.25, 0.3) is 0 Å². The summed E-state index contributed by atoms with van der Waals surface area (Å²) in [7, 11) is 0. The summed E-state index contributed by atoms with van der Waals surface area (Å²) < 4.78 is 0. The Balaban J connectivity index is 2.21. The molecule has 2 N–H and O–H groups in total. The minimum atomic E-state index is 0.715. The van der Waals surface area contributed by atoms with Crippen molar-refractivity contribution in [1.29, 1.82) is 0 Å². The highest BCUT2D eigenvalue weighted by Gasteiger charge is 2.13. The third-order valence-corrected chi connectivity index (χ3v) is 4.03. The van der Waals surface area contributed by atoms with Crippen LogP contribution in [0.5, 0.6) is 0 Å². The van der Waals surface area contributed by atoms with E-state index in [1.54, 1.807) is 0 Å². The molecule has 0 aromatic heterocycles. The van der Waals surface area contributed by atoms with Crippen LogP contribution in [0.3, 0.4) is 0 Å². The van der Waals surface area contributed by atoms with Crippen molar-refractivity contribution in [3.05, 3.63) is 23.8 Å². The van der Waals surface area contributed by atoms with Gasteiger partial charge in [-0.1, -0.05) is 6.92 Å². The van der Waals surface area contributed by atoms with E-state index in [-0.39, 0.29) is 0 Å². The Bertz CT molecular complexity index is 405. The second-order valence-corrected chi connectivity index (χ2v) is 5.85. The molecule has 0 unspecified atom stereocenters. The van der Waals surface area contributed by atoms with Gasteiger partial charge in [-0.25, -0.2) is 0 Å². The van der Waals surface area contributed by atoms with E-state index in [9.17, 15) is 0 Å². The topological polar surface area (TPSA) is 32.5 Å². The summed E-state index contributed by atoms with van der Waals surface area (Å²) >= 11 is 0. The molecule has 1 saturated heterocycles. The Hall–Kier alpha value is -1.22. The number of piperidine rings is 1. The Labute approximate surface area is 123 Å². The van der Waals surface area contributed by atoms with E-state index in [2.05, 4.69) is 41.8 Å². The fraction of sp³-hybridized carbons (Fsp3) is 0.647. The summed E-state index contributed by atoms with van der Waals surface area (Å²) in [6, 6.07) is 6.96. The molecule has 1 aromatic rings. The van der Waals surface area contributed by atoms with Gasteiger partial charge in [0.1, 0.15) is 0 Å². The summed E-state index contributed by atoms with van der Waals surface area (Å²) in [4.78, 5) is 4.95. The zero-order chi connectivity index (χ0) is 14.4. The van der Waals surface area contributed by atoms with Crippen molar-refractivity contribution in [1.82, 2.24) is 0 Å². The molecule has 2 rings (SSSR count). The van der Waals surface area contributed by atoms with Crippen molar-refractivity contribution in [3.8, 4) is 0 Å². The van der Waals surface area contributed by atoms with Crippen molar-refractivity contribution in [3.63, 3.8) is 0 Å². The molecule has 0 amide bonds. The van der Waals surface area contributed by atoms with Crippen molar-refractivity contribution < 1.29 is 0 Å². The van der Waals surface area contributed by atoms with E-state index >= 15 is 0 Å². The van der Waals surface area contributed by atoms with E-state index < -0.39 is 0 Å². The van der Waals surface area contributed by atoms with Crippen LogP contribution in [0.4, 0.5) is 11.4 Å². The minimum Gasteiger partial charge on any atom is -0.371 e. The van der Waals surface area contributed by atoms with Crippen LogP contribution in [0.15, 0.2) is 18.2 Å². The lowest BCUT2D eigenvalue weighted by Crippen LogP contribution is -2.32. The van der Waals surface area contributed by atoms with Gasteiger partial charge in [-0.15, -0.1) is 0 Å². The molecule has 1 aliphatic rings. The average molecular weight is 275 g/mol. The fourth-order valence-corrected chi connectivity index (χ4v) is 3.06. The van der Waals surface area contributed by atoms with Crippen LogP contribution in [-0.2, 0) is 0 Å². The number of hydrogen-bond donors (Lipinski definition) is 1. The molecule has 1 fully saturated rings. The third-order valence-electron chi connectivity index (χ3n) is 4.03.